The first-order chi connectivity index (χ1) is 30.2. The number of esters is 1. The van der Waals surface area contributed by atoms with Crippen LogP contribution in [-0.2, 0) is 43.2 Å². The van der Waals surface area contributed by atoms with E-state index < -0.39 is 28.2 Å². The summed E-state index contributed by atoms with van der Waals surface area (Å²) in [4.78, 5) is 68.4. The molecule has 0 spiro atoms. The van der Waals surface area contributed by atoms with Gasteiger partial charge in [-0.15, -0.1) is 0 Å². The highest BCUT2D eigenvalue weighted by Gasteiger charge is 2.33. The maximum absolute atomic E-state index is 12.5. The van der Waals surface area contributed by atoms with Crippen molar-refractivity contribution < 1.29 is 57.6 Å². The van der Waals surface area contributed by atoms with E-state index in [2.05, 4.69) is 10.6 Å². The number of nitrogens with one attached hydrogen (secondary N) is 2. The third-order valence-electron chi connectivity index (χ3n) is 9.39. The van der Waals surface area contributed by atoms with E-state index in [1.807, 2.05) is 84.9 Å². The Bertz CT molecular complexity index is 2230. The number of rotatable bonds is 15. The van der Waals surface area contributed by atoms with Crippen LogP contribution in [-0.4, -0.2) is 77.3 Å². The molecule has 4 aromatic rings. The molecular formula is C48H56N2O12S2. The van der Waals surface area contributed by atoms with E-state index in [9.17, 15) is 28.8 Å². The Kier molecular flexibility index (Phi) is 18.7. The van der Waals surface area contributed by atoms with E-state index in [0.29, 0.717) is 30.9 Å². The Labute approximate surface area is 382 Å². The maximum Gasteiger partial charge on any atom is 0.311 e. The second-order valence-corrected chi connectivity index (χ2v) is 19.1. The number of carboxylic acids is 1. The molecule has 342 valence electrons. The molecule has 16 heteroatoms. The molecule has 2 aliphatic rings. The quantitative estimate of drug-likeness (QED) is 0.0960. The highest BCUT2D eigenvalue weighted by Crippen LogP contribution is 2.29. The van der Waals surface area contributed by atoms with Crippen molar-refractivity contribution in [1.82, 2.24) is 10.6 Å². The molecule has 0 bridgehead atoms. The molecule has 6 rings (SSSR count). The van der Waals surface area contributed by atoms with Crippen LogP contribution in [0.5, 0.6) is 23.0 Å². The Balaban J connectivity index is 0.000000249. The second-order valence-electron chi connectivity index (χ2n) is 16.7. The third kappa shape index (κ3) is 16.6. The fourth-order valence-corrected chi connectivity index (χ4v) is 7.28. The van der Waals surface area contributed by atoms with E-state index in [4.69, 9.17) is 28.8 Å². The minimum atomic E-state index is -0.757. The summed E-state index contributed by atoms with van der Waals surface area (Å²) < 4.78 is 27.9. The standard InChI is InChI=1S/C24H27NO6S.C19H19NO4S.C5H10O2/c1-24(2,3)22(27)31-19(16-6-5-7-18(13-16)29-4)14-30-17-10-8-15(9-11-17)12-20-21(26)25-23(28)32-20;1-23-16-4-2-3-13(11-16)9-10-24-15-7-5-14(6-8-15)12-17-18(21)20-19(22)25-17;1-5(2,3)4(6)7/h5-11,13,19-20H,12,14H2,1-4H3,(H,25,26,28);2-8,11,17H,9-10,12H2,1H3,(H,20,21,22);1-3H3,(H,6,7). The minimum absolute atomic E-state index is 0.129. The van der Waals surface area contributed by atoms with Crippen LogP contribution in [0.25, 0.3) is 0 Å². The Morgan fingerprint density at radius 3 is 1.53 bits per heavy atom. The van der Waals surface area contributed by atoms with Crippen LogP contribution >= 0.6 is 23.5 Å². The van der Waals surface area contributed by atoms with E-state index >= 15 is 0 Å². The van der Waals surface area contributed by atoms with Gasteiger partial charge < -0.3 is 28.8 Å². The molecule has 2 aliphatic heterocycles. The smallest absolute Gasteiger partial charge is 0.311 e. The molecule has 2 saturated heterocycles. The summed E-state index contributed by atoms with van der Waals surface area (Å²) in [5.41, 5.74) is 2.62. The van der Waals surface area contributed by atoms with Crippen molar-refractivity contribution in [3.8, 4) is 23.0 Å². The van der Waals surface area contributed by atoms with Gasteiger partial charge in [-0.25, -0.2) is 0 Å². The fraction of sp³-hybridized carbons (Fsp3) is 0.375. The lowest BCUT2D eigenvalue weighted by molar-refractivity contribution is -0.160. The summed E-state index contributed by atoms with van der Waals surface area (Å²) in [5.74, 6) is 1.33. The number of hydrogen-bond acceptors (Lipinski definition) is 13. The van der Waals surface area contributed by atoms with Gasteiger partial charge in [0, 0.05) is 6.42 Å². The zero-order chi connectivity index (χ0) is 47.0. The van der Waals surface area contributed by atoms with Gasteiger partial charge >= 0.3 is 11.9 Å². The Morgan fingerprint density at radius 1 is 0.625 bits per heavy atom. The zero-order valence-corrected chi connectivity index (χ0v) is 38.9. The van der Waals surface area contributed by atoms with Gasteiger partial charge in [0.1, 0.15) is 29.6 Å². The summed E-state index contributed by atoms with van der Waals surface area (Å²) in [6.07, 6.45) is 1.17. The number of imide groups is 2. The van der Waals surface area contributed by atoms with Crippen LogP contribution in [0.4, 0.5) is 9.59 Å². The predicted octanol–water partition coefficient (Wildman–Crippen LogP) is 8.63. The number of ether oxygens (including phenoxy) is 5. The molecule has 0 radical (unpaired) electrons. The molecule has 3 N–H and O–H groups in total. The van der Waals surface area contributed by atoms with Gasteiger partial charge in [0.05, 0.1) is 42.2 Å². The van der Waals surface area contributed by atoms with Gasteiger partial charge in [0.2, 0.25) is 11.8 Å². The number of carboxylic acid groups (broad SMARTS) is 1. The summed E-state index contributed by atoms with van der Waals surface area (Å²) in [6.45, 7) is 11.1. The van der Waals surface area contributed by atoms with E-state index in [-0.39, 0.29) is 40.1 Å². The third-order valence-corrected chi connectivity index (χ3v) is 11.3. The van der Waals surface area contributed by atoms with Crippen molar-refractivity contribution in [2.75, 3.05) is 27.4 Å². The monoisotopic (exact) mass is 916 g/mol. The number of methoxy groups -OCH3 is 2. The van der Waals surface area contributed by atoms with Crippen LogP contribution in [0.1, 0.15) is 69.9 Å². The van der Waals surface area contributed by atoms with Crippen molar-refractivity contribution in [2.45, 2.75) is 77.4 Å². The van der Waals surface area contributed by atoms with Crippen molar-refractivity contribution in [1.29, 1.82) is 0 Å². The highest BCUT2D eigenvalue weighted by molar-refractivity contribution is 8.15. The molecular weight excluding hydrogens is 861 g/mol. The lowest BCUT2D eigenvalue weighted by atomic mass is 9.97. The van der Waals surface area contributed by atoms with Crippen molar-refractivity contribution in [2.24, 2.45) is 10.8 Å². The molecule has 3 unspecified atom stereocenters. The minimum Gasteiger partial charge on any atom is -0.497 e. The van der Waals surface area contributed by atoms with Crippen molar-refractivity contribution in [3.63, 3.8) is 0 Å². The first kappa shape index (κ1) is 50.6. The molecule has 64 heavy (non-hydrogen) atoms. The normalized spacial score (nSPS) is 16.2. The summed E-state index contributed by atoms with van der Waals surface area (Å²) >= 11 is 2.05. The lowest BCUT2D eigenvalue weighted by Crippen LogP contribution is -2.27. The molecule has 14 nitrogen and oxygen atoms in total. The van der Waals surface area contributed by atoms with E-state index in [1.165, 1.54) is 0 Å². The summed E-state index contributed by atoms with van der Waals surface area (Å²) in [5, 5.41) is 11.5. The van der Waals surface area contributed by atoms with Gasteiger partial charge in [-0.2, -0.15) is 0 Å². The molecule has 0 aliphatic carbocycles. The van der Waals surface area contributed by atoms with E-state index in [1.54, 1.807) is 67.9 Å². The molecule has 3 atom stereocenters. The predicted molar refractivity (Wildman–Crippen MR) is 246 cm³/mol. The van der Waals surface area contributed by atoms with Gasteiger partial charge in [0.15, 0.2) is 6.10 Å². The average molecular weight is 917 g/mol. The molecule has 4 aromatic carbocycles. The van der Waals surface area contributed by atoms with Crippen LogP contribution in [0.2, 0.25) is 0 Å². The van der Waals surface area contributed by atoms with Gasteiger partial charge in [-0.05, 0) is 125 Å². The number of hydrogen-bond donors (Lipinski definition) is 3. The molecule has 0 aromatic heterocycles. The number of thioether (sulfide) groups is 2. The first-order valence-corrected chi connectivity index (χ1v) is 22.2. The number of amides is 4. The Morgan fingerprint density at radius 2 is 1.09 bits per heavy atom. The van der Waals surface area contributed by atoms with Crippen LogP contribution in [0, 0.1) is 10.8 Å². The zero-order valence-electron chi connectivity index (χ0n) is 37.3. The lowest BCUT2D eigenvalue weighted by Gasteiger charge is -2.24. The van der Waals surface area contributed by atoms with Gasteiger partial charge in [-0.3, -0.25) is 39.4 Å². The van der Waals surface area contributed by atoms with Crippen LogP contribution in [0.3, 0.4) is 0 Å². The van der Waals surface area contributed by atoms with Gasteiger partial charge in [-0.1, -0.05) is 72.1 Å². The first-order valence-electron chi connectivity index (χ1n) is 20.4. The topological polar surface area (TPSA) is 193 Å². The second kappa shape index (κ2) is 23.6. The molecule has 0 saturated carbocycles. The molecule has 2 fully saturated rings. The Hall–Kier alpha value is -6.00. The summed E-state index contributed by atoms with van der Waals surface area (Å²) in [6, 6.07) is 30.2. The van der Waals surface area contributed by atoms with Crippen molar-refractivity contribution >= 4 is 57.8 Å². The SMILES string of the molecule is CC(C)(C)C(=O)O.COc1cccc(C(COc2ccc(CC3SC(=O)NC3=O)cc2)OC(=O)C(C)(C)C)c1.COc1cccc(CCOc2ccc(CC3SC(=O)NC3=O)cc2)c1. The number of benzene rings is 4. The van der Waals surface area contributed by atoms with Crippen LogP contribution < -0.4 is 29.6 Å². The number of carbonyl (C=O) groups excluding carboxylic acids is 5. The highest BCUT2D eigenvalue weighted by atomic mass is 32.2. The average Bonchev–Trinajstić information content (AvgIpc) is 3.75. The van der Waals surface area contributed by atoms with Crippen molar-refractivity contribution in [3.05, 3.63) is 119 Å². The van der Waals surface area contributed by atoms with E-state index in [0.717, 1.165) is 63.7 Å². The van der Waals surface area contributed by atoms with Crippen LogP contribution in [0.15, 0.2) is 97.1 Å². The maximum atomic E-state index is 12.5. The molecule has 4 amide bonds. The largest absolute Gasteiger partial charge is 0.497 e. The molecule has 2 heterocycles. The number of carbonyl (C=O) groups is 6. The summed E-state index contributed by atoms with van der Waals surface area (Å²) in [7, 11) is 3.23. The fourth-order valence-electron chi connectivity index (χ4n) is 5.56. The number of aliphatic carboxylic acids is 1. The van der Waals surface area contributed by atoms with Gasteiger partial charge in [0.25, 0.3) is 10.5 Å².